The summed E-state index contributed by atoms with van der Waals surface area (Å²) in [5, 5.41) is 3.84. The standard InChI is InChI=1S/C14H12N4O/c19-14(18-13-4-5-15-9-17-13)8-10-1-2-12-11(7-10)3-6-16-12/h1-7,9,16H,8H2,(H,15,17,18,19). The van der Waals surface area contributed by atoms with Crippen molar-refractivity contribution in [3.63, 3.8) is 0 Å². The number of hydrogen-bond acceptors (Lipinski definition) is 3. The van der Waals surface area contributed by atoms with Crippen molar-refractivity contribution in [2.24, 2.45) is 0 Å². The van der Waals surface area contributed by atoms with E-state index in [2.05, 4.69) is 20.3 Å². The largest absolute Gasteiger partial charge is 0.361 e. The highest BCUT2D eigenvalue weighted by Gasteiger charge is 2.05. The van der Waals surface area contributed by atoms with E-state index in [0.29, 0.717) is 12.2 Å². The SMILES string of the molecule is O=C(Cc1ccc2[nH]ccc2c1)Nc1ccncn1. The van der Waals surface area contributed by atoms with E-state index in [-0.39, 0.29) is 5.91 Å². The van der Waals surface area contributed by atoms with Crippen LogP contribution in [0.15, 0.2) is 49.1 Å². The van der Waals surface area contributed by atoms with Gasteiger partial charge in [-0.3, -0.25) is 4.79 Å². The fourth-order valence-corrected chi connectivity index (χ4v) is 1.95. The lowest BCUT2D eigenvalue weighted by molar-refractivity contribution is -0.115. The van der Waals surface area contributed by atoms with Crippen LogP contribution in [-0.4, -0.2) is 20.9 Å². The topological polar surface area (TPSA) is 70.7 Å². The Labute approximate surface area is 109 Å². The summed E-state index contributed by atoms with van der Waals surface area (Å²) >= 11 is 0. The molecule has 0 saturated carbocycles. The van der Waals surface area contributed by atoms with Crippen LogP contribution in [0.5, 0.6) is 0 Å². The molecule has 0 spiro atoms. The number of carbonyl (C=O) groups excluding carboxylic acids is 1. The van der Waals surface area contributed by atoms with Crippen molar-refractivity contribution in [3.05, 3.63) is 54.6 Å². The fourth-order valence-electron chi connectivity index (χ4n) is 1.95. The van der Waals surface area contributed by atoms with Crippen molar-refractivity contribution < 1.29 is 4.79 Å². The van der Waals surface area contributed by atoms with Crippen LogP contribution < -0.4 is 5.32 Å². The van der Waals surface area contributed by atoms with E-state index in [1.165, 1.54) is 6.33 Å². The fraction of sp³-hybridized carbons (Fsp3) is 0.0714. The molecule has 0 aliphatic carbocycles. The quantitative estimate of drug-likeness (QED) is 0.750. The number of H-pyrrole nitrogens is 1. The first-order valence-corrected chi connectivity index (χ1v) is 5.93. The van der Waals surface area contributed by atoms with E-state index in [1.807, 2.05) is 30.5 Å². The molecule has 0 aliphatic rings. The maximum atomic E-state index is 11.9. The van der Waals surface area contributed by atoms with E-state index in [9.17, 15) is 4.79 Å². The Morgan fingerprint density at radius 1 is 1.26 bits per heavy atom. The molecular formula is C14H12N4O. The number of nitrogens with one attached hydrogen (secondary N) is 2. The molecule has 0 saturated heterocycles. The molecule has 2 heterocycles. The number of aromatic amines is 1. The second kappa shape index (κ2) is 4.89. The van der Waals surface area contributed by atoms with Crippen LogP contribution in [0.25, 0.3) is 10.9 Å². The molecule has 0 radical (unpaired) electrons. The minimum Gasteiger partial charge on any atom is -0.361 e. The van der Waals surface area contributed by atoms with Crippen LogP contribution in [0.1, 0.15) is 5.56 Å². The first-order chi connectivity index (χ1) is 9.31. The highest BCUT2D eigenvalue weighted by atomic mass is 16.1. The van der Waals surface area contributed by atoms with Gasteiger partial charge in [-0.2, -0.15) is 0 Å². The van der Waals surface area contributed by atoms with Crippen molar-refractivity contribution in [1.82, 2.24) is 15.0 Å². The number of carbonyl (C=O) groups is 1. The predicted octanol–water partition coefficient (Wildman–Crippen LogP) is 2.14. The number of benzene rings is 1. The normalized spacial score (nSPS) is 10.5. The smallest absolute Gasteiger partial charge is 0.229 e. The van der Waals surface area contributed by atoms with Gasteiger partial charge in [-0.05, 0) is 35.2 Å². The van der Waals surface area contributed by atoms with Crippen LogP contribution in [-0.2, 0) is 11.2 Å². The van der Waals surface area contributed by atoms with Crippen LogP contribution in [0.2, 0.25) is 0 Å². The van der Waals surface area contributed by atoms with E-state index in [1.54, 1.807) is 12.3 Å². The number of nitrogens with zero attached hydrogens (tertiary/aromatic N) is 2. The number of anilines is 1. The zero-order valence-corrected chi connectivity index (χ0v) is 10.1. The molecule has 0 fully saturated rings. The molecule has 2 aromatic heterocycles. The Bertz CT molecular complexity index is 706. The monoisotopic (exact) mass is 252 g/mol. The molecule has 19 heavy (non-hydrogen) atoms. The van der Waals surface area contributed by atoms with Gasteiger partial charge in [0.05, 0.1) is 6.42 Å². The van der Waals surface area contributed by atoms with Crippen molar-refractivity contribution in [2.45, 2.75) is 6.42 Å². The summed E-state index contributed by atoms with van der Waals surface area (Å²) in [6.45, 7) is 0. The van der Waals surface area contributed by atoms with Crippen LogP contribution >= 0.6 is 0 Å². The number of aromatic nitrogens is 3. The molecule has 3 rings (SSSR count). The summed E-state index contributed by atoms with van der Waals surface area (Å²) in [5.41, 5.74) is 2.04. The minimum atomic E-state index is -0.0893. The lowest BCUT2D eigenvalue weighted by atomic mass is 10.1. The molecule has 5 heteroatoms. The third-order valence-electron chi connectivity index (χ3n) is 2.83. The van der Waals surface area contributed by atoms with Crippen molar-refractivity contribution in [3.8, 4) is 0 Å². The highest BCUT2D eigenvalue weighted by Crippen LogP contribution is 2.15. The molecule has 0 atom stereocenters. The number of hydrogen-bond donors (Lipinski definition) is 2. The predicted molar refractivity (Wildman–Crippen MR) is 72.7 cm³/mol. The maximum absolute atomic E-state index is 11.9. The lowest BCUT2D eigenvalue weighted by Gasteiger charge is -2.04. The zero-order chi connectivity index (χ0) is 13.1. The third-order valence-corrected chi connectivity index (χ3v) is 2.83. The molecule has 5 nitrogen and oxygen atoms in total. The molecule has 0 aliphatic heterocycles. The molecular weight excluding hydrogens is 240 g/mol. The van der Waals surface area contributed by atoms with Gasteiger partial charge in [-0.1, -0.05) is 6.07 Å². The van der Waals surface area contributed by atoms with Gasteiger partial charge in [0.1, 0.15) is 12.1 Å². The Balaban J connectivity index is 1.72. The van der Waals surface area contributed by atoms with Crippen molar-refractivity contribution in [2.75, 3.05) is 5.32 Å². The average molecular weight is 252 g/mol. The van der Waals surface area contributed by atoms with Gasteiger partial charge in [-0.15, -0.1) is 0 Å². The van der Waals surface area contributed by atoms with Crippen molar-refractivity contribution in [1.29, 1.82) is 0 Å². The Morgan fingerprint density at radius 3 is 3.05 bits per heavy atom. The Kier molecular flexibility index (Phi) is 2.94. The molecule has 2 N–H and O–H groups in total. The molecule has 1 aromatic carbocycles. The Hall–Kier alpha value is -2.69. The average Bonchev–Trinajstić information content (AvgIpc) is 2.87. The molecule has 3 aromatic rings. The number of fused-ring (bicyclic) bond motifs is 1. The Morgan fingerprint density at radius 2 is 2.21 bits per heavy atom. The first kappa shape index (κ1) is 11.4. The molecule has 1 amide bonds. The van der Waals surface area contributed by atoms with Crippen LogP contribution in [0.4, 0.5) is 5.82 Å². The van der Waals surface area contributed by atoms with Crippen molar-refractivity contribution >= 4 is 22.6 Å². The van der Waals surface area contributed by atoms with Gasteiger partial charge >= 0.3 is 0 Å². The van der Waals surface area contributed by atoms with E-state index < -0.39 is 0 Å². The van der Waals surface area contributed by atoms with Crippen LogP contribution in [0.3, 0.4) is 0 Å². The van der Waals surface area contributed by atoms with E-state index >= 15 is 0 Å². The highest BCUT2D eigenvalue weighted by molar-refractivity contribution is 5.92. The summed E-state index contributed by atoms with van der Waals surface area (Å²) in [7, 11) is 0. The number of rotatable bonds is 3. The van der Waals surface area contributed by atoms with E-state index in [0.717, 1.165) is 16.5 Å². The summed E-state index contributed by atoms with van der Waals surface area (Å²) in [6, 6.07) is 9.57. The summed E-state index contributed by atoms with van der Waals surface area (Å²) in [6.07, 6.45) is 5.20. The number of amides is 1. The summed E-state index contributed by atoms with van der Waals surface area (Å²) < 4.78 is 0. The van der Waals surface area contributed by atoms with Gasteiger partial charge in [0.25, 0.3) is 0 Å². The second-order valence-electron chi connectivity index (χ2n) is 4.22. The molecule has 0 bridgehead atoms. The molecule has 94 valence electrons. The van der Waals surface area contributed by atoms with Gasteiger partial charge in [0.15, 0.2) is 0 Å². The van der Waals surface area contributed by atoms with E-state index in [4.69, 9.17) is 0 Å². The van der Waals surface area contributed by atoms with Gasteiger partial charge < -0.3 is 10.3 Å². The molecule has 0 unspecified atom stereocenters. The lowest BCUT2D eigenvalue weighted by Crippen LogP contribution is -2.15. The van der Waals surface area contributed by atoms with Crippen LogP contribution in [0, 0.1) is 0 Å². The summed E-state index contributed by atoms with van der Waals surface area (Å²) in [5.74, 6) is 0.427. The third kappa shape index (κ3) is 2.60. The first-order valence-electron chi connectivity index (χ1n) is 5.93. The van der Waals surface area contributed by atoms with Gasteiger partial charge in [0.2, 0.25) is 5.91 Å². The maximum Gasteiger partial charge on any atom is 0.229 e. The van der Waals surface area contributed by atoms with Gasteiger partial charge in [0, 0.05) is 17.9 Å². The zero-order valence-electron chi connectivity index (χ0n) is 10.1. The van der Waals surface area contributed by atoms with Gasteiger partial charge in [-0.25, -0.2) is 9.97 Å². The second-order valence-corrected chi connectivity index (χ2v) is 4.22. The summed E-state index contributed by atoms with van der Waals surface area (Å²) in [4.78, 5) is 22.8. The minimum absolute atomic E-state index is 0.0893.